The molecule has 1 fully saturated rings. The number of halogens is 1. The number of piperidine rings is 1. The fourth-order valence-electron chi connectivity index (χ4n) is 2.31. The Morgan fingerprint density at radius 2 is 2.11 bits per heavy atom. The molecule has 0 unspecified atom stereocenters. The van der Waals surface area contributed by atoms with E-state index in [9.17, 15) is 0 Å². The van der Waals surface area contributed by atoms with Crippen LogP contribution in [0.3, 0.4) is 0 Å². The molecule has 1 N–H and O–H groups in total. The molecule has 0 bridgehead atoms. The highest BCUT2D eigenvalue weighted by molar-refractivity contribution is 9.10. The average Bonchev–Trinajstić information content (AvgIpc) is 2.42. The highest BCUT2D eigenvalue weighted by Gasteiger charge is 2.18. The molecule has 0 radical (unpaired) electrons. The number of rotatable bonds is 3. The number of hydrogen-bond acceptors (Lipinski definition) is 3. The van der Waals surface area contributed by atoms with Gasteiger partial charge in [0.15, 0.2) is 0 Å². The highest BCUT2D eigenvalue weighted by atomic mass is 79.9. The first-order valence-electron chi connectivity index (χ1n) is 6.24. The Hall–Kier alpha value is -0.890. The molecule has 0 saturated carbocycles. The predicted octanol–water partition coefficient (Wildman–Crippen LogP) is 2.53. The Morgan fingerprint density at radius 1 is 1.39 bits per heavy atom. The molecular formula is C14H17BrN2O. The van der Waals surface area contributed by atoms with Gasteiger partial charge in [-0.15, -0.1) is 0 Å². The van der Waals surface area contributed by atoms with Gasteiger partial charge in [-0.25, -0.2) is 0 Å². The summed E-state index contributed by atoms with van der Waals surface area (Å²) in [6.45, 7) is 3.30. The van der Waals surface area contributed by atoms with Crippen molar-refractivity contribution >= 4 is 15.9 Å². The molecule has 2 rings (SSSR count). The minimum absolute atomic E-state index is 0.314. The molecule has 1 aromatic rings. The van der Waals surface area contributed by atoms with Crippen LogP contribution in [0.15, 0.2) is 22.7 Å². The Morgan fingerprint density at radius 3 is 2.67 bits per heavy atom. The Kier molecular flexibility index (Phi) is 4.76. The van der Waals surface area contributed by atoms with Gasteiger partial charge in [0, 0.05) is 17.6 Å². The first-order valence-corrected chi connectivity index (χ1v) is 7.04. The number of aliphatic hydroxyl groups is 1. The molecule has 1 aliphatic heterocycles. The third-order valence-corrected chi connectivity index (χ3v) is 4.28. The molecule has 18 heavy (non-hydrogen) atoms. The fraction of sp³-hybridized carbons (Fsp3) is 0.500. The molecule has 4 heteroatoms. The van der Waals surface area contributed by atoms with Crippen molar-refractivity contribution in [3.05, 3.63) is 33.8 Å². The van der Waals surface area contributed by atoms with E-state index >= 15 is 0 Å². The van der Waals surface area contributed by atoms with Gasteiger partial charge in [-0.3, -0.25) is 4.90 Å². The Bertz CT molecular complexity index is 448. The number of nitriles is 1. The van der Waals surface area contributed by atoms with Crippen LogP contribution in [0.4, 0.5) is 0 Å². The second kappa shape index (κ2) is 6.33. The van der Waals surface area contributed by atoms with Gasteiger partial charge >= 0.3 is 0 Å². The zero-order chi connectivity index (χ0) is 13.0. The maximum absolute atomic E-state index is 9.11. The van der Waals surface area contributed by atoms with Crippen molar-refractivity contribution in [1.29, 1.82) is 5.26 Å². The van der Waals surface area contributed by atoms with Crippen molar-refractivity contribution in [3.8, 4) is 6.07 Å². The summed E-state index contributed by atoms with van der Waals surface area (Å²) >= 11 is 3.52. The summed E-state index contributed by atoms with van der Waals surface area (Å²) < 4.78 is 1.01. The van der Waals surface area contributed by atoms with Crippen LogP contribution < -0.4 is 0 Å². The van der Waals surface area contributed by atoms with Gasteiger partial charge in [0.1, 0.15) is 0 Å². The van der Waals surface area contributed by atoms with Crippen LogP contribution in [0, 0.1) is 17.2 Å². The maximum atomic E-state index is 9.11. The van der Waals surface area contributed by atoms with E-state index in [1.165, 1.54) is 5.56 Å². The van der Waals surface area contributed by atoms with Crippen molar-refractivity contribution in [1.82, 2.24) is 4.90 Å². The van der Waals surface area contributed by atoms with E-state index in [0.29, 0.717) is 18.1 Å². The van der Waals surface area contributed by atoms with Gasteiger partial charge in [-0.2, -0.15) is 5.26 Å². The van der Waals surface area contributed by atoms with Crippen LogP contribution in [0.1, 0.15) is 24.0 Å². The summed E-state index contributed by atoms with van der Waals surface area (Å²) in [5, 5.41) is 17.9. The second-order valence-corrected chi connectivity index (χ2v) is 5.67. The van der Waals surface area contributed by atoms with Crippen molar-refractivity contribution in [3.63, 3.8) is 0 Å². The van der Waals surface area contributed by atoms with Gasteiger partial charge in [0.25, 0.3) is 0 Å². The number of benzene rings is 1. The van der Waals surface area contributed by atoms with E-state index in [1.54, 1.807) is 0 Å². The maximum Gasteiger partial charge on any atom is 0.0992 e. The SMILES string of the molecule is N#Cc1ccc(CN2CCC(CO)CC2)c(Br)c1. The molecule has 0 spiro atoms. The third-order valence-electron chi connectivity index (χ3n) is 3.54. The van der Waals surface area contributed by atoms with E-state index in [0.717, 1.165) is 36.9 Å². The van der Waals surface area contributed by atoms with Gasteiger partial charge < -0.3 is 5.11 Å². The Labute approximate surface area is 116 Å². The minimum atomic E-state index is 0.314. The lowest BCUT2D eigenvalue weighted by Gasteiger charge is -2.31. The molecule has 1 heterocycles. The van der Waals surface area contributed by atoms with Gasteiger partial charge in [0.05, 0.1) is 11.6 Å². The molecule has 96 valence electrons. The first-order chi connectivity index (χ1) is 8.72. The molecule has 0 amide bonds. The van der Waals surface area contributed by atoms with Crippen LogP contribution in [0.2, 0.25) is 0 Å². The summed E-state index contributed by atoms with van der Waals surface area (Å²) in [5.41, 5.74) is 1.90. The zero-order valence-corrected chi connectivity index (χ0v) is 11.9. The standard InChI is InChI=1S/C14H17BrN2O/c15-14-7-12(8-16)1-2-13(14)9-17-5-3-11(10-18)4-6-17/h1-2,7,11,18H,3-6,9-10H2. The Balaban J connectivity index is 1.96. The largest absolute Gasteiger partial charge is 0.396 e. The zero-order valence-electron chi connectivity index (χ0n) is 10.3. The van der Waals surface area contributed by atoms with E-state index in [4.69, 9.17) is 10.4 Å². The summed E-state index contributed by atoms with van der Waals surface area (Å²) in [6.07, 6.45) is 2.15. The lowest BCUT2D eigenvalue weighted by Crippen LogP contribution is -2.34. The fourth-order valence-corrected chi connectivity index (χ4v) is 2.82. The molecule has 1 aliphatic rings. The predicted molar refractivity (Wildman–Crippen MR) is 73.9 cm³/mol. The quantitative estimate of drug-likeness (QED) is 0.933. The molecule has 0 aromatic heterocycles. The number of likely N-dealkylation sites (tertiary alicyclic amines) is 1. The lowest BCUT2D eigenvalue weighted by molar-refractivity contribution is 0.127. The van der Waals surface area contributed by atoms with E-state index < -0.39 is 0 Å². The molecule has 0 aliphatic carbocycles. The molecule has 1 saturated heterocycles. The number of nitrogens with zero attached hydrogens (tertiary/aromatic N) is 2. The van der Waals surface area contributed by atoms with Gasteiger partial charge in [0.2, 0.25) is 0 Å². The van der Waals surface area contributed by atoms with E-state index in [-0.39, 0.29) is 0 Å². The van der Waals surface area contributed by atoms with Crippen molar-refractivity contribution < 1.29 is 5.11 Å². The summed E-state index contributed by atoms with van der Waals surface area (Å²) in [4.78, 5) is 2.40. The van der Waals surface area contributed by atoms with E-state index in [1.807, 2.05) is 18.2 Å². The smallest absolute Gasteiger partial charge is 0.0992 e. The summed E-state index contributed by atoms with van der Waals surface area (Å²) in [5.74, 6) is 0.477. The first kappa shape index (κ1) is 13.5. The average molecular weight is 309 g/mol. The summed E-state index contributed by atoms with van der Waals surface area (Å²) in [6, 6.07) is 7.89. The summed E-state index contributed by atoms with van der Waals surface area (Å²) in [7, 11) is 0. The topological polar surface area (TPSA) is 47.3 Å². The van der Waals surface area contributed by atoms with Crippen molar-refractivity contribution in [2.24, 2.45) is 5.92 Å². The second-order valence-electron chi connectivity index (χ2n) is 4.82. The molecular weight excluding hydrogens is 292 g/mol. The van der Waals surface area contributed by atoms with Crippen LogP contribution in [-0.2, 0) is 6.54 Å². The van der Waals surface area contributed by atoms with Crippen LogP contribution in [-0.4, -0.2) is 29.7 Å². The normalized spacial score (nSPS) is 17.6. The highest BCUT2D eigenvalue weighted by Crippen LogP contribution is 2.23. The van der Waals surface area contributed by atoms with E-state index in [2.05, 4.69) is 26.9 Å². The molecule has 0 atom stereocenters. The van der Waals surface area contributed by atoms with Gasteiger partial charge in [-0.1, -0.05) is 22.0 Å². The van der Waals surface area contributed by atoms with Crippen LogP contribution >= 0.6 is 15.9 Å². The third kappa shape index (κ3) is 3.32. The van der Waals surface area contributed by atoms with Crippen molar-refractivity contribution in [2.75, 3.05) is 19.7 Å². The number of hydrogen-bond donors (Lipinski definition) is 1. The molecule has 1 aromatic carbocycles. The van der Waals surface area contributed by atoms with Crippen LogP contribution in [0.5, 0.6) is 0 Å². The monoisotopic (exact) mass is 308 g/mol. The molecule has 3 nitrogen and oxygen atoms in total. The minimum Gasteiger partial charge on any atom is -0.396 e. The van der Waals surface area contributed by atoms with Crippen molar-refractivity contribution in [2.45, 2.75) is 19.4 Å². The van der Waals surface area contributed by atoms with Crippen LogP contribution in [0.25, 0.3) is 0 Å². The lowest BCUT2D eigenvalue weighted by atomic mass is 9.97. The van der Waals surface area contributed by atoms with Gasteiger partial charge in [-0.05, 0) is 49.5 Å². The number of aliphatic hydroxyl groups excluding tert-OH is 1.